The molecule has 3 atom stereocenters. The summed E-state index contributed by atoms with van der Waals surface area (Å²) in [6.07, 6.45) is 7.86. The molecule has 1 heterocycles. The summed E-state index contributed by atoms with van der Waals surface area (Å²) in [5, 5.41) is 23.6. The number of carboxylic acids is 1. The highest BCUT2D eigenvalue weighted by Crippen LogP contribution is 2.31. The molecule has 10 heteroatoms. The molecule has 0 saturated carbocycles. The number of carbonyl (C=O) groups excluding carboxylic acids is 2. The molecule has 0 spiro atoms. The maximum absolute atomic E-state index is 14.0. The van der Waals surface area contributed by atoms with Gasteiger partial charge in [0.15, 0.2) is 17.6 Å². The number of ether oxygens (including phenoxy) is 2. The third kappa shape index (κ3) is 11.8. The second kappa shape index (κ2) is 20.5. The molecule has 5 rings (SSSR count). The lowest BCUT2D eigenvalue weighted by Gasteiger charge is -2.24. The molecule has 1 amide bonds. The lowest BCUT2D eigenvalue weighted by molar-refractivity contribution is -0.146. The molecule has 304 valence electrons. The third-order valence-corrected chi connectivity index (χ3v) is 10.2. The molecule has 0 bridgehead atoms. The Bertz CT molecular complexity index is 2100. The number of carboxylic acid groups (broad SMARTS) is 1. The van der Waals surface area contributed by atoms with E-state index < -0.39 is 29.9 Å². The second-order valence-corrected chi connectivity index (χ2v) is 15.7. The van der Waals surface area contributed by atoms with Crippen LogP contribution in [0, 0.1) is 5.92 Å². The van der Waals surface area contributed by atoms with Crippen LogP contribution in [0.5, 0.6) is 11.5 Å². The van der Waals surface area contributed by atoms with Gasteiger partial charge in [-0.15, -0.1) is 0 Å². The van der Waals surface area contributed by atoms with E-state index in [1.54, 1.807) is 48.8 Å². The zero-order valence-electron chi connectivity index (χ0n) is 34.1. The SMILES string of the molecule is CCCCCCCOc1ccc(-c2cnc(-c3ccc(C[C@H](CC(=O)c4ccc(C(C)(C)C)cc4OC)C(=O)NC(C(=O)O)C(O)c4ccccc4)cc3)nc2)cc1. The number of nitrogens with zero attached hydrogens (tertiary/aromatic N) is 2. The molecule has 4 aromatic carbocycles. The standard InChI is InChI=1S/C48H55N3O7/c1-6-7-8-9-13-26-58-39-23-20-33(21-24-39)37-30-49-45(50-31-37)35-18-16-32(17-19-35)27-36(28-41(52)40-25-22-38(48(2,3)4)29-42(40)57-5)46(54)51-43(47(55)56)44(53)34-14-11-10-12-15-34/h10-12,14-25,29-31,36,43-44,53H,6-9,13,26-28H2,1-5H3,(H,51,54)(H,55,56)/t36-,43?,44?/m1/s1. The van der Waals surface area contributed by atoms with E-state index in [1.807, 2.05) is 60.7 Å². The fraction of sp³-hybridized carbons (Fsp3) is 0.354. The summed E-state index contributed by atoms with van der Waals surface area (Å²) in [5.41, 5.74) is 4.79. The van der Waals surface area contributed by atoms with Crippen LogP contribution in [-0.2, 0) is 21.4 Å². The van der Waals surface area contributed by atoms with E-state index in [0.29, 0.717) is 29.3 Å². The predicted molar refractivity (Wildman–Crippen MR) is 226 cm³/mol. The average Bonchev–Trinajstić information content (AvgIpc) is 3.23. The summed E-state index contributed by atoms with van der Waals surface area (Å²) in [6, 6.07) is 27.3. The first kappa shape index (κ1) is 43.3. The van der Waals surface area contributed by atoms with Crippen molar-refractivity contribution in [3.8, 4) is 34.0 Å². The number of methoxy groups -OCH3 is 1. The van der Waals surface area contributed by atoms with Crippen molar-refractivity contribution in [1.82, 2.24) is 15.3 Å². The summed E-state index contributed by atoms with van der Waals surface area (Å²) in [4.78, 5) is 49.4. The minimum absolute atomic E-state index is 0.117. The highest BCUT2D eigenvalue weighted by atomic mass is 16.5. The van der Waals surface area contributed by atoms with E-state index in [9.17, 15) is 24.6 Å². The van der Waals surface area contributed by atoms with Crippen LogP contribution in [0.4, 0.5) is 0 Å². The molecule has 0 fully saturated rings. The van der Waals surface area contributed by atoms with Gasteiger partial charge >= 0.3 is 5.97 Å². The molecule has 5 aromatic rings. The van der Waals surface area contributed by atoms with Gasteiger partial charge in [-0.25, -0.2) is 14.8 Å². The number of aliphatic hydroxyl groups is 1. The number of benzene rings is 4. The minimum atomic E-state index is -1.65. The summed E-state index contributed by atoms with van der Waals surface area (Å²) >= 11 is 0. The van der Waals surface area contributed by atoms with E-state index in [4.69, 9.17) is 9.47 Å². The van der Waals surface area contributed by atoms with Crippen molar-refractivity contribution < 1.29 is 34.1 Å². The van der Waals surface area contributed by atoms with E-state index in [1.165, 1.54) is 32.8 Å². The Labute approximate surface area is 341 Å². The largest absolute Gasteiger partial charge is 0.496 e. The van der Waals surface area contributed by atoms with Crippen LogP contribution in [0.3, 0.4) is 0 Å². The molecule has 0 radical (unpaired) electrons. The number of Topliss-reactive ketones (excluding diaryl/α,β-unsaturated/α-hetero) is 1. The molecule has 3 N–H and O–H groups in total. The molecule has 1 aromatic heterocycles. The Morgan fingerprint density at radius 1 is 0.793 bits per heavy atom. The van der Waals surface area contributed by atoms with Crippen LogP contribution in [0.15, 0.2) is 109 Å². The van der Waals surface area contributed by atoms with Gasteiger partial charge in [0.25, 0.3) is 0 Å². The predicted octanol–water partition coefficient (Wildman–Crippen LogP) is 9.20. The van der Waals surface area contributed by atoms with Crippen LogP contribution in [0.2, 0.25) is 0 Å². The lowest BCUT2D eigenvalue weighted by Crippen LogP contribution is -2.47. The van der Waals surface area contributed by atoms with Crippen LogP contribution in [0.1, 0.15) is 99.4 Å². The van der Waals surface area contributed by atoms with E-state index in [0.717, 1.165) is 40.0 Å². The molecular weight excluding hydrogens is 731 g/mol. The zero-order chi connectivity index (χ0) is 41.7. The Kier molecular flexibility index (Phi) is 15.3. The number of aromatic nitrogens is 2. The fourth-order valence-corrected chi connectivity index (χ4v) is 6.71. The molecule has 2 unspecified atom stereocenters. The first-order chi connectivity index (χ1) is 27.9. The smallest absolute Gasteiger partial charge is 0.329 e. The van der Waals surface area contributed by atoms with E-state index in [2.05, 4.69) is 43.0 Å². The highest BCUT2D eigenvalue weighted by molar-refractivity contribution is 6.01. The Morgan fingerprint density at radius 3 is 2.07 bits per heavy atom. The number of unbranched alkanes of at least 4 members (excludes halogenated alkanes) is 4. The number of aliphatic carboxylic acids is 1. The molecule has 0 saturated heterocycles. The monoisotopic (exact) mass is 785 g/mol. The quantitative estimate of drug-likeness (QED) is 0.0519. The fourth-order valence-electron chi connectivity index (χ4n) is 6.71. The van der Waals surface area contributed by atoms with Crippen LogP contribution in [0.25, 0.3) is 22.5 Å². The number of carbonyl (C=O) groups is 3. The summed E-state index contributed by atoms with van der Waals surface area (Å²) < 4.78 is 11.5. The Hall–Kier alpha value is -5.87. The maximum atomic E-state index is 14.0. The molecular formula is C48H55N3O7. The number of aliphatic hydroxyl groups excluding tert-OH is 1. The first-order valence-electron chi connectivity index (χ1n) is 20.0. The van der Waals surface area contributed by atoms with Crippen molar-refractivity contribution in [2.75, 3.05) is 13.7 Å². The Balaban J connectivity index is 1.31. The van der Waals surface area contributed by atoms with Crippen LogP contribution >= 0.6 is 0 Å². The third-order valence-electron chi connectivity index (χ3n) is 10.2. The normalized spacial score (nSPS) is 12.9. The van der Waals surface area contributed by atoms with Gasteiger partial charge < -0.3 is 25.0 Å². The average molecular weight is 786 g/mol. The summed E-state index contributed by atoms with van der Waals surface area (Å²) in [5.74, 6) is -1.64. The van der Waals surface area contributed by atoms with E-state index >= 15 is 0 Å². The molecule has 0 aliphatic rings. The van der Waals surface area contributed by atoms with Crippen molar-refractivity contribution >= 4 is 17.7 Å². The van der Waals surface area contributed by atoms with E-state index in [-0.39, 0.29) is 24.0 Å². The lowest BCUT2D eigenvalue weighted by atomic mass is 9.85. The molecule has 0 aliphatic heterocycles. The zero-order valence-corrected chi connectivity index (χ0v) is 34.1. The van der Waals surface area contributed by atoms with Gasteiger partial charge in [0.2, 0.25) is 5.91 Å². The number of hydrogen-bond acceptors (Lipinski definition) is 8. The van der Waals surface area contributed by atoms with Crippen molar-refractivity contribution in [2.45, 2.75) is 90.2 Å². The van der Waals surface area contributed by atoms with Gasteiger partial charge in [0.05, 0.1) is 19.3 Å². The van der Waals surface area contributed by atoms with Crippen LogP contribution in [-0.4, -0.2) is 57.6 Å². The first-order valence-corrected chi connectivity index (χ1v) is 20.0. The Morgan fingerprint density at radius 2 is 1.45 bits per heavy atom. The number of nitrogens with one attached hydrogen (secondary N) is 1. The number of hydrogen-bond donors (Lipinski definition) is 3. The van der Waals surface area contributed by atoms with Gasteiger partial charge in [-0.1, -0.05) is 126 Å². The van der Waals surface area contributed by atoms with Crippen LogP contribution < -0.4 is 14.8 Å². The number of rotatable bonds is 20. The van der Waals surface area contributed by atoms with Gasteiger partial charge in [-0.2, -0.15) is 0 Å². The topological polar surface area (TPSA) is 148 Å². The van der Waals surface area contributed by atoms with Gasteiger partial charge in [-0.3, -0.25) is 9.59 Å². The number of amides is 1. The maximum Gasteiger partial charge on any atom is 0.329 e. The molecule has 58 heavy (non-hydrogen) atoms. The van der Waals surface area contributed by atoms with Crippen molar-refractivity contribution in [2.24, 2.45) is 5.92 Å². The van der Waals surface area contributed by atoms with Gasteiger partial charge in [0, 0.05) is 35.9 Å². The molecule has 0 aliphatic carbocycles. The van der Waals surface area contributed by atoms with Crippen molar-refractivity contribution in [3.63, 3.8) is 0 Å². The number of ketones is 1. The van der Waals surface area contributed by atoms with Crippen molar-refractivity contribution in [3.05, 3.63) is 132 Å². The van der Waals surface area contributed by atoms with Gasteiger partial charge in [0.1, 0.15) is 17.6 Å². The summed E-state index contributed by atoms with van der Waals surface area (Å²) in [6.45, 7) is 9.10. The summed E-state index contributed by atoms with van der Waals surface area (Å²) in [7, 11) is 1.49. The minimum Gasteiger partial charge on any atom is -0.496 e. The van der Waals surface area contributed by atoms with Crippen molar-refractivity contribution in [1.29, 1.82) is 0 Å². The highest BCUT2D eigenvalue weighted by Gasteiger charge is 2.33. The van der Waals surface area contributed by atoms with Gasteiger partial charge in [-0.05, 0) is 64.8 Å². The second-order valence-electron chi connectivity index (χ2n) is 15.7. The molecule has 10 nitrogen and oxygen atoms in total.